The molecular weight excluding hydrogens is 461 g/mol. The van der Waals surface area contributed by atoms with E-state index in [9.17, 15) is 0 Å². The van der Waals surface area contributed by atoms with Crippen LogP contribution in [0.3, 0.4) is 0 Å². The third-order valence-corrected chi connectivity index (χ3v) is 11.7. The van der Waals surface area contributed by atoms with Crippen molar-refractivity contribution in [2.75, 3.05) is 20.0 Å². The van der Waals surface area contributed by atoms with Crippen molar-refractivity contribution in [1.82, 2.24) is 0 Å². The standard InChI is InChI=1S/C32H40NO2P/c1-34-29-21-24(23-12-11-13-25(33)20-23)22-30(35-2)32(29)28-18-9-10-19-31(28)36(26-14-5-3-6-15-26)27-16-7-4-8-17-27/h9-13,18-22,26-27H,3-8,14-17,33H2,1-2H3. The Morgan fingerprint density at radius 2 is 1.25 bits per heavy atom. The lowest BCUT2D eigenvalue weighted by Crippen LogP contribution is -2.27. The van der Waals surface area contributed by atoms with Crippen LogP contribution in [0.5, 0.6) is 11.5 Å². The highest BCUT2D eigenvalue weighted by atomic mass is 31.1. The van der Waals surface area contributed by atoms with Gasteiger partial charge in [-0.25, -0.2) is 0 Å². The molecule has 0 spiro atoms. The summed E-state index contributed by atoms with van der Waals surface area (Å²) in [5, 5.41) is 1.56. The van der Waals surface area contributed by atoms with Crippen molar-refractivity contribution in [1.29, 1.82) is 0 Å². The average molecular weight is 502 g/mol. The Labute approximate surface area is 218 Å². The second-order valence-electron chi connectivity index (χ2n) is 10.4. The van der Waals surface area contributed by atoms with E-state index in [1.54, 1.807) is 19.5 Å². The van der Waals surface area contributed by atoms with E-state index >= 15 is 0 Å². The Morgan fingerprint density at radius 1 is 0.667 bits per heavy atom. The van der Waals surface area contributed by atoms with E-state index in [0.717, 1.165) is 45.2 Å². The quantitative estimate of drug-likeness (QED) is 0.261. The predicted molar refractivity (Wildman–Crippen MR) is 155 cm³/mol. The second kappa shape index (κ2) is 11.7. The van der Waals surface area contributed by atoms with Gasteiger partial charge in [0.25, 0.3) is 0 Å². The van der Waals surface area contributed by atoms with Gasteiger partial charge in [-0.2, -0.15) is 0 Å². The molecule has 2 fully saturated rings. The minimum absolute atomic E-state index is 0.255. The number of methoxy groups -OCH3 is 2. The summed E-state index contributed by atoms with van der Waals surface area (Å²) in [6.07, 6.45) is 13.9. The van der Waals surface area contributed by atoms with Gasteiger partial charge in [-0.3, -0.25) is 0 Å². The van der Waals surface area contributed by atoms with Gasteiger partial charge < -0.3 is 15.2 Å². The minimum Gasteiger partial charge on any atom is -0.496 e. The van der Waals surface area contributed by atoms with Crippen LogP contribution in [0.2, 0.25) is 0 Å². The summed E-state index contributed by atoms with van der Waals surface area (Å²) in [5.74, 6) is 1.72. The van der Waals surface area contributed by atoms with Crippen molar-refractivity contribution in [2.45, 2.75) is 75.5 Å². The highest BCUT2D eigenvalue weighted by molar-refractivity contribution is 7.67. The zero-order valence-electron chi connectivity index (χ0n) is 21.8. The number of nitrogens with two attached hydrogens (primary N) is 1. The van der Waals surface area contributed by atoms with Crippen LogP contribution in [-0.2, 0) is 0 Å². The molecule has 2 aliphatic carbocycles. The lowest BCUT2D eigenvalue weighted by Gasteiger charge is -2.39. The molecule has 36 heavy (non-hydrogen) atoms. The van der Waals surface area contributed by atoms with Gasteiger partial charge in [0.1, 0.15) is 11.5 Å². The van der Waals surface area contributed by atoms with Gasteiger partial charge in [0.15, 0.2) is 0 Å². The van der Waals surface area contributed by atoms with Gasteiger partial charge in [-0.05, 0) is 83.3 Å². The highest BCUT2D eigenvalue weighted by Gasteiger charge is 2.34. The smallest absolute Gasteiger partial charge is 0.131 e. The summed E-state index contributed by atoms with van der Waals surface area (Å²) in [6, 6.07) is 21.5. The number of benzene rings is 3. The van der Waals surface area contributed by atoms with Gasteiger partial charge in [-0.1, -0.05) is 82.8 Å². The molecule has 190 valence electrons. The molecule has 0 atom stereocenters. The maximum absolute atomic E-state index is 6.09. The fraction of sp³-hybridized carbons (Fsp3) is 0.438. The van der Waals surface area contributed by atoms with Gasteiger partial charge in [-0.15, -0.1) is 0 Å². The van der Waals surface area contributed by atoms with Gasteiger partial charge >= 0.3 is 0 Å². The van der Waals surface area contributed by atoms with Crippen molar-refractivity contribution >= 4 is 18.9 Å². The van der Waals surface area contributed by atoms with Gasteiger partial charge in [0.2, 0.25) is 0 Å². The Hall–Kier alpha value is -2.51. The molecule has 3 aromatic rings. The highest BCUT2D eigenvalue weighted by Crippen LogP contribution is 2.57. The molecule has 0 unspecified atom stereocenters. The molecule has 0 saturated heterocycles. The molecule has 2 aliphatic rings. The van der Waals surface area contributed by atoms with E-state index in [4.69, 9.17) is 15.2 Å². The number of ether oxygens (including phenoxy) is 2. The van der Waals surface area contributed by atoms with E-state index < -0.39 is 0 Å². The van der Waals surface area contributed by atoms with Crippen LogP contribution in [0.25, 0.3) is 22.3 Å². The molecule has 0 heterocycles. The van der Waals surface area contributed by atoms with Crippen molar-refractivity contribution in [3.8, 4) is 33.8 Å². The summed E-state index contributed by atoms with van der Waals surface area (Å²) in [7, 11) is 3.29. The monoisotopic (exact) mass is 501 g/mol. The largest absolute Gasteiger partial charge is 0.496 e. The van der Waals surface area contributed by atoms with Crippen LogP contribution in [0.1, 0.15) is 64.2 Å². The minimum atomic E-state index is -0.255. The van der Waals surface area contributed by atoms with E-state index in [2.05, 4.69) is 42.5 Å². The molecule has 0 aromatic heterocycles. The van der Waals surface area contributed by atoms with Crippen LogP contribution >= 0.6 is 7.92 Å². The third-order valence-electron chi connectivity index (χ3n) is 8.11. The van der Waals surface area contributed by atoms with E-state index in [-0.39, 0.29) is 7.92 Å². The molecule has 0 bridgehead atoms. The van der Waals surface area contributed by atoms with E-state index in [1.165, 1.54) is 69.8 Å². The molecule has 3 aromatic carbocycles. The molecule has 0 radical (unpaired) electrons. The number of hydrogen-bond donors (Lipinski definition) is 1. The normalized spacial score (nSPS) is 17.3. The van der Waals surface area contributed by atoms with Crippen LogP contribution in [0.15, 0.2) is 60.7 Å². The molecule has 0 amide bonds. The summed E-state index contributed by atoms with van der Waals surface area (Å²) >= 11 is 0. The molecule has 2 N–H and O–H groups in total. The zero-order chi connectivity index (χ0) is 24.9. The van der Waals surface area contributed by atoms with E-state index in [1.807, 2.05) is 18.2 Å². The number of hydrogen-bond acceptors (Lipinski definition) is 3. The molecule has 0 aliphatic heterocycles. The van der Waals surface area contributed by atoms with Crippen molar-refractivity contribution in [2.24, 2.45) is 0 Å². The van der Waals surface area contributed by atoms with Crippen LogP contribution in [0, 0.1) is 0 Å². The Morgan fingerprint density at radius 3 is 1.81 bits per heavy atom. The Balaban J connectivity index is 1.64. The van der Waals surface area contributed by atoms with Crippen LogP contribution in [-0.4, -0.2) is 25.5 Å². The lowest BCUT2D eigenvalue weighted by atomic mass is 9.97. The average Bonchev–Trinajstić information content (AvgIpc) is 2.94. The number of rotatable bonds is 7. The fourth-order valence-corrected chi connectivity index (χ4v) is 10.3. The molecule has 3 nitrogen and oxygen atoms in total. The first-order chi connectivity index (χ1) is 17.7. The second-order valence-corrected chi connectivity index (χ2v) is 13.1. The maximum atomic E-state index is 6.09. The summed E-state index contributed by atoms with van der Waals surface area (Å²) < 4.78 is 12.1. The van der Waals surface area contributed by atoms with Crippen LogP contribution in [0.4, 0.5) is 5.69 Å². The van der Waals surface area contributed by atoms with Crippen molar-refractivity contribution in [3.05, 3.63) is 60.7 Å². The predicted octanol–water partition coefficient (Wildman–Crippen LogP) is 8.39. The fourth-order valence-electron chi connectivity index (χ4n) is 6.38. The summed E-state index contributed by atoms with van der Waals surface area (Å²) in [4.78, 5) is 0. The first-order valence-electron chi connectivity index (χ1n) is 13.7. The number of nitrogen functional groups attached to an aromatic ring is 1. The SMILES string of the molecule is COc1cc(-c2cccc(N)c2)cc(OC)c1-c1ccccc1P(C1CCCCC1)C1CCCCC1. The third kappa shape index (κ3) is 5.28. The van der Waals surface area contributed by atoms with Crippen LogP contribution < -0.4 is 20.5 Å². The topological polar surface area (TPSA) is 44.5 Å². The maximum Gasteiger partial charge on any atom is 0.131 e. The number of anilines is 1. The first kappa shape index (κ1) is 25.2. The van der Waals surface area contributed by atoms with E-state index in [0.29, 0.717) is 0 Å². The molecular formula is C32H40NO2P. The summed E-state index contributed by atoms with van der Waals surface area (Å²) in [5.41, 5.74) is 13.0. The molecule has 4 heteroatoms. The lowest BCUT2D eigenvalue weighted by molar-refractivity contribution is 0.398. The van der Waals surface area contributed by atoms with Crippen molar-refractivity contribution in [3.63, 3.8) is 0 Å². The molecule has 2 saturated carbocycles. The Kier molecular flexibility index (Phi) is 8.17. The van der Waals surface area contributed by atoms with Gasteiger partial charge in [0.05, 0.1) is 19.8 Å². The summed E-state index contributed by atoms with van der Waals surface area (Å²) in [6.45, 7) is 0. The van der Waals surface area contributed by atoms with Gasteiger partial charge in [0, 0.05) is 5.69 Å². The Bertz CT molecular complexity index is 1120. The first-order valence-corrected chi connectivity index (χ1v) is 15.2. The van der Waals surface area contributed by atoms with Crippen molar-refractivity contribution < 1.29 is 9.47 Å². The molecule has 5 rings (SSSR count). The zero-order valence-corrected chi connectivity index (χ0v) is 22.7.